The molecule has 2 unspecified atom stereocenters. The minimum atomic E-state index is -4.26. The first-order chi connectivity index (χ1) is 9.74. The minimum absolute atomic E-state index is 0.115. The van der Waals surface area contributed by atoms with Crippen molar-refractivity contribution in [3.63, 3.8) is 0 Å². The molecule has 0 saturated carbocycles. The number of H-pyrrole nitrogens is 1. The molecule has 0 aliphatic rings. The molecule has 1 aromatic heterocycles. The summed E-state index contributed by atoms with van der Waals surface area (Å²) in [5.74, 6) is -0.672. The standard InChI is InChI=1S/C13H16FN2O4P/c1-3-7(2)20-21(18,19)12-5-8-4-10(15)9(14)6-11(8)16-13(12)17/h4-7H,3,15H2,1-2H3,(H,16,17)(H,18,19). The average molecular weight is 314 g/mol. The molecule has 21 heavy (non-hydrogen) atoms. The van der Waals surface area contributed by atoms with Crippen molar-refractivity contribution in [2.45, 2.75) is 26.4 Å². The van der Waals surface area contributed by atoms with Gasteiger partial charge in [0.2, 0.25) is 0 Å². The number of pyridine rings is 1. The highest BCUT2D eigenvalue weighted by Gasteiger charge is 2.29. The maximum absolute atomic E-state index is 13.4. The lowest BCUT2D eigenvalue weighted by Gasteiger charge is -2.16. The van der Waals surface area contributed by atoms with Crippen LogP contribution in [0.5, 0.6) is 0 Å². The van der Waals surface area contributed by atoms with Crippen LogP contribution in [-0.4, -0.2) is 16.0 Å². The first-order valence-corrected chi connectivity index (χ1v) is 7.96. The third-order valence-electron chi connectivity index (χ3n) is 3.14. The molecule has 2 aromatic rings. The van der Waals surface area contributed by atoms with E-state index in [-0.39, 0.29) is 16.5 Å². The Morgan fingerprint density at radius 1 is 1.48 bits per heavy atom. The molecule has 4 N–H and O–H groups in total. The lowest BCUT2D eigenvalue weighted by atomic mass is 10.2. The summed E-state index contributed by atoms with van der Waals surface area (Å²) in [7, 11) is -4.26. The van der Waals surface area contributed by atoms with E-state index in [1.54, 1.807) is 13.8 Å². The number of nitrogen functional groups attached to an aromatic ring is 1. The summed E-state index contributed by atoms with van der Waals surface area (Å²) in [4.78, 5) is 24.2. The molecule has 114 valence electrons. The van der Waals surface area contributed by atoms with Gasteiger partial charge in [0.25, 0.3) is 5.56 Å². The van der Waals surface area contributed by atoms with Crippen molar-refractivity contribution in [3.05, 3.63) is 34.4 Å². The van der Waals surface area contributed by atoms with Gasteiger partial charge in [-0.15, -0.1) is 0 Å². The van der Waals surface area contributed by atoms with Crippen molar-refractivity contribution < 1.29 is 18.4 Å². The Hall–Kier alpha value is -1.69. The maximum Gasteiger partial charge on any atom is 0.364 e. The number of hydrogen-bond acceptors (Lipinski definition) is 4. The Balaban J connectivity index is 2.59. The summed E-state index contributed by atoms with van der Waals surface area (Å²) in [5.41, 5.74) is 4.74. The summed E-state index contributed by atoms with van der Waals surface area (Å²) in [6, 6.07) is 3.55. The van der Waals surface area contributed by atoms with Gasteiger partial charge in [0.05, 0.1) is 17.3 Å². The van der Waals surface area contributed by atoms with Crippen LogP contribution in [0.3, 0.4) is 0 Å². The Labute approximate surface area is 120 Å². The molecule has 1 heterocycles. The van der Waals surface area contributed by atoms with E-state index in [9.17, 15) is 18.6 Å². The number of halogens is 1. The summed E-state index contributed by atoms with van der Waals surface area (Å²) in [6.45, 7) is 3.42. The van der Waals surface area contributed by atoms with E-state index in [2.05, 4.69) is 4.98 Å². The summed E-state index contributed by atoms with van der Waals surface area (Å²) in [5, 5.41) is -0.0353. The quantitative estimate of drug-likeness (QED) is 0.590. The fourth-order valence-electron chi connectivity index (χ4n) is 1.82. The van der Waals surface area contributed by atoms with E-state index >= 15 is 0 Å². The lowest BCUT2D eigenvalue weighted by Crippen LogP contribution is -2.29. The molecule has 1 aromatic carbocycles. The second-order valence-corrected chi connectivity index (χ2v) is 6.52. The zero-order valence-electron chi connectivity index (χ0n) is 11.6. The number of nitrogens with one attached hydrogen (secondary N) is 1. The molecule has 0 fully saturated rings. The van der Waals surface area contributed by atoms with Crippen molar-refractivity contribution in [2.24, 2.45) is 0 Å². The molecule has 0 aliphatic heterocycles. The molecule has 2 atom stereocenters. The summed E-state index contributed by atoms with van der Waals surface area (Å²) in [6.07, 6.45) is 0.0444. The zero-order chi connectivity index (χ0) is 15.8. The molecular weight excluding hydrogens is 298 g/mol. The summed E-state index contributed by atoms with van der Waals surface area (Å²) < 4.78 is 30.6. The van der Waals surface area contributed by atoms with Crippen molar-refractivity contribution in [3.8, 4) is 0 Å². The third kappa shape index (κ3) is 3.15. The number of aromatic amines is 1. The van der Waals surface area contributed by atoms with E-state index in [0.717, 1.165) is 6.07 Å². The van der Waals surface area contributed by atoms with Gasteiger partial charge < -0.3 is 20.1 Å². The molecule has 0 radical (unpaired) electrons. The highest BCUT2D eigenvalue weighted by atomic mass is 31.2. The van der Waals surface area contributed by atoms with Crippen LogP contribution >= 0.6 is 7.60 Å². The molecule has 0 aliphatic carbocycles. The van der Waals surface area contributed by atoms with E-state index in [1.165, 1.54) is 12.1 Å². The van der Waals surface area contributed by atoms with Gasteiger partial charge in [-0.2, -0.15) is 0 Å². The number of anilines is 1. The van der Waals surface area contributed by atoms with Crippen molar-refractivity contribution >= 4 is 29.5 Å². The number of rotatable bonds is 4. The lowest BCUT2D eigenvalue weighted by molar-refractivity contribution is 0.192. The van der Waals surface area contributed by atoms with E-state index in [1.807, 2.05) is 0 Å². The van der Waals surface area contributed by atoms with Gasteiger partial charge in [0.15, 0.2) is 0 Å². The Morgan fingerprint density at radius 3 is 2.76 bits per heavy atom. The van der Waals surface area contributed by atoms with E-state index in [0.29, 0.717) is 11.8 Å². The van der Waals surface area contributed by atoms with Crippen LogP contribution in [0, 0.1) is 5.82 Å². The maximum atomic E-state index is 13.4. The number of benzene rings is 1. The molecule has 0 saturated heterocycles. The molecule has 0 spiro atoms. The van der Waals surface area contributed by atoms with Crippen LogP contribution in [0.25, 0.3) is 10.9 Å². The predicted molar refractivity (Wildman–Crippen MR) is 79.2 cm³/mol. The number of fused-ring (bicyclic) bond motifs is 1. The molecule has 2 rings (SSSR count). The van der Waals surface area contributed by atoms with Gasteiger partial charge in [0.1, 0.15) is 11.1 Å². The highest BCUT2D eigenvalue weighted by molar-refractivity contribution is 7.61. The smallest absolute Gasteiger partial charge is 0.364 e. The SMILES string of the molecule is CCC(C)OP(=O)(O)c1cc2cc(N)c(F)cc2[nH]c1=O. The fraction of sp³-hybridized carbons (Fsp3) is 0.308. The predicted octanol–water partition coefficient (Wildman–Crippen LogP) is 1.88. The van der Waals surface area contributed by atoms with Crippen LogP contribution in [0.2, 0.25) is 0 Å². The van der Waals surface area contributed by atoms with Gasteiger partial charge in [0, 0.05) is 11.5 Å². The monoisotopic (exact) mass is 314 g/mol. The Bertz CT molecular complexity index is 790. The topological polar surface area (TPSA) is 105 Å². The normalized spacial score (nSPS) is 15.8. The van der Waals surface area contributed by atoms with Crippen LogP contribution < -0.4 is 16.6 Å². The largest absolute Gasteiger partial charge is 0.396 e. The second-order valence-electron chi connectivity index (χ2n) is 4.79. The number of nitrogens with two attached hydrogens (primary N) is 1. The van der Waals surface area contributed by atoms with Crippen LogP contribution in [0.4, 0.5) is 10.1 Å². The molecule has 6 nitrogen and oxygen atoms in total. The van der Waals surface area contributed by atoms with Crippen molar-refractivity contribution in [1.82, 2.24) is 4.98 Å². The Morgan fingerprint density at radius 2 is 2.14 bits per heavy atom. The van der Waals surface area contributed by atoms with E-state index < -0.39 is 25.1 Å². The third-order valence-corrected chi connectivity index (χ3v) is 4.73. The minimum Gasteiger partial charge on any atom is -0.396 e. The zero-order valence-corrected chi connectivity index (χ0v) is 12.5. The number of aromatic nitrogens is 1. The van der Waals surface area contributed by atoms with Crippen LogP contribution in [0.15, 0.2) is 23.0 Å². The van der Waals surface area contributed by atoms with Gasteiger partial charge in [-0.05, 0) is 25.5 Å². The van der Waals surface area contributed by atoms with Crippen molar-refractivity contribution in [2.75, 3.05) is 5.73 Å². The van der Waals surface area contributed by atoms with Crippen molar-refractivity contribution in [1.29, 1.82) is 0 Å². The van der Waals surface area contributed by atoms with Gasteiger partial charge in [-0.25, -0.2) is 4.39 Å². The average Bonchev–Trinajstić information content (AvgIpc) is 2.39. The molecule has 0 bridgehead atoms. The molecule has 8 heteroatoms. The van der Waals surface area contributed by atoms with Crippen LogP contribution in [0.1, 0.15) is 20.3 Å². The first kappa shape index (κ1) is 15.7. The first-order valence-electron chi connectivity index (χ1n) is 6.38. The Kier molecular flexibility index (Phi) is 4.18. The fourth-order valence-corrected chi connectivity index (χ4v) is 3.18. The number of hydrogen-bond donors (Lipinski definition) is 3. The van der Waals surface area contributed by atoms with Gasteiger partial charge >= 0.3 is 7.60 Å². The second kappa shape index (κ2) is 5.60. The highest BCUT2D eigenvalue weighted by Crippen LogP contribution is 2.41. The van der Waals surface area contributed by atoms with Gasteiger partial charge in [-0.3, -0.25) is 9.36 Å². The van der Waals surface area contributed by atoms with Gasteiger partial charge in [-0.1, -0.05) is 6.92 Å². The van der Waals surface area contributed by atoms with E-state index in [4.69, 9.17) is 10.3 Å². The molecular formula is C13H16FN2O4P. The van der Waals surface area contributed by atoms with Crippen LogP contribution in [-0.2, 0) is 9.09 Å². The summed E-state index contributed by atoms with van der Waals surface area (Å²) >= 11 is 0. The molecule has 0 amide bonds.